The molecule has 1 atom stereocenters. The zero-order chi connectivity index (χ0) is 16.5. The summed E-state index contributed by atoms with van der Waals surface area (Å²) >= 11 is 2.23. The van der Waals surface area contributed by atoms with Crippen molar-refractivity contribution in [1.29, 1.82) is 0 Å². The van der Waals surface area contributed by atoms with Gasteiger partial charge < -0.3 is 9.64 Å². The Morgan fingerprint density at radius 3 is 2.73 bits per heavy atom. The highest BCUT2D eigenvalue weighted by Gasteiger charge is 2.35. The van der Waals surface area contributed by atoms with Gasteiger partial charge in [-0.3, -0.25) is 4.90 Å². The summed E-state index contributed by atoms with van der Waals surface area (Å²) < 4.78 is 6.50. The van der Waals surface area contributed by atoms with E-state index in [1.807, 2.05) is 46.0 Å². The summed E-state index contributed by atoms with van der Waals surface area (Å²) in [6, 6.07) is -0.0385. The molecule has 1 fully saturated rings. The van der Waals surface area contributed by atoms with E-state index in [0.717, 1.165) is 22.1 Å². The second-order valence-electron chi connectivity index (χ2n) is 6.63. The molecule has 0 aromatic carbocycles. The number of carbonyl (C=O) groups is 1. The van der Waals surface area contributed by atoms with Crippen LogP contribution in [0.3, 0.4) is 0 Å². The van der Waals surface area contributed by atoms with Crippen LogP contribution in [-0.4, -0.2) is 47.2 Å². The zero-order valence-corrected chi connectivity index (χ0v) is 15.9. The standard InChI is InChI=1S/C15H23IN4O2/c1-15(2,3)22-14(21)20-8-6-7-11(20)12-10(16)9-17-13(18-12)19(4)5/h9,11H,6-8H2,1-5H3/t11-/m0/s1. The molecule has 0 aliphatic carbocycles. The van der Waals surface area contributed by atoms with Crippen molar-refractivity contribution in [3.8, 4) is 0 Å². The van der Waals surface area contributed by atoms with Gasteiger partial charge in [0.25, 0.3) is 0 Å². The van der Waals surface area contributed by atoms with Crippen LogP contribution in [0.1, 0.15) is 45.3 Å². The summed E-state index contributed by atoms with van der Waals surface area (Å²) in [7, 11) is 3.82. The van der Waals surface area contributed by atoms with Crippen LogP contribution in [0.15, 0.2) is 6.20 Å². The smallest absolute Gasteiger partial charge is 0.410 e. The highest BCUT2D eigenvalue weighted by molar-refractivity contribution is 14.1. The lowest BCUT2D eigenvalue weighted by molar-refractivity contribution is 0.0221. The fraction of sp³-hybridized carbons (Fsp3) is 0.667. The molecule has 0 spiro atoms. The van der Waals surface area contributed by atoms with Gasteiger partial charge in [0.05, 0.1) is 15.3 Å². The maximum absolute atomic E-state index is 12.4. The summed E-state index contributed by atoms with van der Waals surface area (Å²) in [5, 5.41) is 0. The molecule has 22 heavy (non-hydrogen) atoms. The quantitative estimate of drug-likeness (QED) is 0.691. The van der Waals surface area contributed by atoms with Crippen LogP contribution in [0, 0.1) is 3.57 Å². The minimum atomic E-state index is -0.488. The maximum Gasteiger partial charge on any atom is 0.410 e. The zero-order valence-electron chi connectivity index (χ0n) is 13.8. The van der Waals surface area contributed by atoms with Crippen LogP contribution in [0.4, 0.5) is 10.7 Å². The number of hydrogen-bond acceptors (Lipinski definition) is 5. The lowest BCUT2D eigenvalue weighted by Gasteiger charge is -2.29. The first-order valence-corrected chi connectivity index (χ1v) is 8.46. The Labute approximate surface area is 145 Å². The minimum absolute atomic E-state index is 0.0385. The van der Waals surface area contributed by atoms with Crippen LogP contribution in [0.2, 0.25) is 0 Å². The Bertz CT molecular complexity index is 557. The first-order chi connectivity index (χ1) is 10.2. The number of carbonyl (C=O) groups excluding carboxylic acids is 1. The van der Waals surface area contributed by atoms with E-state index in [0.29, 0.717) is 12.5 Å². The third-order valence-electron chi connectivity index (χ3n) is 3.35. The Morgan fingerprint density at radius 1 is 1.45 bits per heavy atom. The predicted octanol–water partition coefficient (Wildman–Crippen LogP) is 3.22. The van der Waals surface area contributed by atoms with Crippen molar-refractivity contribution in [2.24, 2.45) is 0 Å². The summed E-state index contributed by atoms with van der Waals surface area (Å²) in [6.07, 6.45) is 3.40. The molecule has 1 saturated heterocycles. The van der Waals surface area contributed by atoms with Gasteiger partial charge in [0.2, 0.25) is 5.95 Å². The highest BCUT2D eigenvalue weighted by atomic mass is 127. The number of likely N-dealkylation sites (tertiary alicyclic amines) is 1. The van der Waals surface area contributed by atoms with Crippen LogP contribution < -0.4 is 4.90 Å². The van der Waals surface area contributed by atoms with Gasteiger partial charge in [-0.1, -0.05) is 0 Å². The molecule has 0 bridgehead atoms. The van der Waals surface area contributed by atoms with E-state index in [1.54, 1.807) is 4.90 Å². The van der Waals surface area contributed by atoms with Gasteiger partial charge in [-0.2, -0.15) is 0 Å². The SMILES string of the molecule is CN(C)c1ncc(I)c([C@@H]2CCCN2C(=O)OC(C)(C)C)n1. The number of anilines is 1. The normalized spacial score (nSPS) is 18.5. The molecule has 0 N–H and O–H groups in total. The molecule has 1 aromatic heterocycles. The molecule has 2 heterocycles. The fourth-order valence-corrected chi connectivity index (χ4v) is 3.03. The van der Waals surface area contributed by atoms with Crippen molar-refractivity contribution in [3.63, 3.8) is 0 Å². The van der Waals surface area contributed by atoms with E-state index >= 15 is 0 Å². The molecular formula is C15H23IN4O2. The second-order valence-corrected chi connectivity index (χ2v) is 7.79. The molecule has 0 unspecified atom stereocenters. The fourth-order valence-electron chi connectivity index (χ4n) is 2.41. The number of ether oxygens (including phenoxy) is 1. The Kier molecular flexibility index (Phi) is 5.14. The van der Waals surface area contributed by atoms with E-state index in [4.69, 9.17) is 4.74 Å². The minimum Gasteiger partial charge on any atom is -0.444 e. The van der Waals surface area contributed by atoms with Crippen molar-refractivity contribution in [3.05, 3.63) is 15.5 Å². The third-order valence-corrected chi connectivity index (χ3v) is 4.19. The Hall–Kier alpha value is -1.12. The van der Waals surface area contributed by atoms with Gasteiger partial charge in [-0.25, -0.2) is 14.8 Å². The van der Waals surface area contributed by atoms with Gasteiger partial charge in [-0.05, 0) is 56.2 Å². The summed E-state index contributed by atoms with van der Waals surface area (Å²) in [5.74, 6) is 0.659. The summed E-state index contributed by atoms with van der Waals surface area (Å²) in [4.78, 5) is 25.0. The molecule has 1 aliphatic rings. The van der Waals surface area contributed by atoms with Gasteiger partial charge in [-0.15, -0.1) is 0 Å². The van der Waals surface area contributed by atoms with Crippen molar-refractivity contribution in [2.45, 2.75) is 45.3 Å². The number of nitrogens with zero attached hydrogens (tertiary/aromatic N) is 4. The van der Waals surface area contributed by atoms with Crippen LogP contribution in [0.5, 0.6) is 0 Å². The Morgan fingerprint density at radius 2 is 2.14 bits per heavy atom. The summed E-state index contributed by atoms with van der Waals surface area (Å²) in [5.41, 5.74) is 0.417. The Balaban J connectivity index is 2.27. The molecule has 7 heteroatoms. The van der Waals surface area contributed by atoms with Crippen LogP contribution in [0.25, 0.3) is 0 Å². The maximum atomic E-state index is 12.4. The van der Waals surface area contributed by atoms with Gasteiger partial charge in [0.15, 0.2) is 0 Å². The molecule has 1 aliphatic heterocycles. The van der Waals surface area contributed by atoms with Crippen LogP contribution in [-0.2, 0) is 4.74 Å². The summed E-state index contributed by atoms with van der Waals surface area (Å²) in [6.45, 7) is 6.36. The van der Waals surface area contributed by atoms with E-state index < -0.39 is 5.60 Å². The molecule has 1 amide bonds. The average Bonchev–Trinajstić information content (AvgIpc) is 2.86. The monoisotopic (exact) mass is 418 g/mol. The number of hydrogen-bond donors (Lipinski definition) is 0. The lowest BCUT2D eigenvalue weighted by Crippen LogP contribution is -2.37. The molecule has 1 aromatic rings. The topological polar surface area (TPSA) is 58.6 Å². The van der Waals surface area contributed by atoms with Gasteiger partial charge in [0.1, 0.15) is 5.60 Å². The van der Waals surface area contributed by atoms with E-state index in [-0.39, 0.29) is 12.1 Å². The lowest BCUT2D eigenvalue weighted by atomic mass is 10.1. The van der Waals surface area contributed by atoms with Crippen molar-refractivity contribution in [2.75, 3.05) is 25.5 Å². The van der Waals surface area contributed by atoms with Crippen molar-refractivity contribution < 1.29 is 9.53 Å². The third kappa shape index (κ3) is 3.99. The first kappa shape index (κ1) is 17.2. The molecule has 122 valence electrons. The van der Waals surface area contributed by atoms with Crippen LogP contribution >= 0.6 is 22.6 Å². The van der Waals surface area contributed by atoms with E-state index in [1.165, 1.54) is 0 Å². The van der Waals surface area contributed by atoms with Gasteiger partial charge >= 0.3 is 6.09 Å². The number of amides is 1. The second kappa shape index (κ2) is 6.55. The molecule has 0 saturated carbocycles. The molecule has 6 nitrogen and oxygen atoms in total. The average molecular weight is 418 g/mol. The highest BCUT2D eigenvalue weighted by Crippen LogP contribution is 2.34. The number of aromatic nitrogens is 2. The van der Waals surface area contributed by atoms with Crippen molar-refractivity contribution >= 4 is 34.6 Å². The largest absolute Gasteiger partial charge is 0.444 e. The molecule has 0 radical (unpaired) electrons. The molecule has 2 rings (SSSR count). The number of halogens is 1. The molecular weight excluding hydrogens is 395 g/mol. The van der Waals surface area contributed by atoms with Gasteiger partial charge in [0, 0.05) is 26.8 Å². The van der Waals surface area contributed by atoms with E-state index in [2.05, 4.69) is 32.6 Å². The first-order valence-electron chi connectivity index (χ1n) is 7.38. The van der Waals surface area contributed by atoms with E-state index in [9.17, 15) is 4.79 Å². The number of rotatable bonds is 2. The predicted molar refractivity (Wildman–Crippen MR) is 94.0 cm³/mol. The van der Waals surface area contributed by atoms with Crippen molar-refractivity contribution in [1.82, 2.24) is 14.9 Å².